The molecule has 5 heteroatoms. The highest BCUT2D eigenvalue weighted by Gasteiger charge is 2.41. The first-order valence-electron chi connectivity index (χ1n) is 7.82. The highest BCUT2D eigenvalue weighted by molar-refractivity contribution is 7.09. The minimum Gasteiger partial charge on any atom is -0.335 e. The predicted molar refractivity (Wildman–Crippen MR) is 86.8 cm³/mol. The van der Waals surface area contributed by atoms with Gasteiger partial charge in [-0.2, -0.15) is 0 Å². The van der Waals surface area contributed by atoms with Gasteiger partial charge in [0.25, 0.3) is 0 Å². The fraction of sp³-hybridized carbons (Fsp3) is 0.412. The number of amides is 2. The minimum absolute atomic E-state index is 0.0597. The van der Waals surface area contributed by atoms with Gasteiger partial charge in [0.2, 0.25) is 0 Å². The molecule has 2 saturated carbocycles. The molecule has 1 heterocycles. The number of hydrogen-bond donors (Lipinski definition) is 2. The molecule has 2 amide bonds. The highest BCUT2D eigenvalue weighted by atomic mass is 32.1. The third-order valence-corrected chi connectivity index (χ3v) is 5.29. The summed E-state index contributed by atoms with van der Waals surface area (Å²) in [5, 5.41) is 9.22. The molecule has 114 valence electrons. The quantitative estimate of drug-likeness (QED) is 0.888. The Labute approximate surface area is 134 Å². The van der Waals surface area contributed by atoms with Crippen LogP contribution in [0.5, 0.6) is 0 Å². The number of urea groups is 1. The van der Waals surface area contributed by atoms with Gasteiger partial charge in [-0.05, 0) is 30.7 Å². The van der Waals surface area contributed by atoms with Crippen molar-refractivity contribution in [1.29, 1.82) is 0 Å². The number of carbonyl (C=O) groups excluding carboxylic acids is 1. The van der Waals surface area contributed by atoms with Crippen molar-refractivity contribution in [2.75, 3.05) is 0 Å². The Morgan fingerprint density at radius 3 is 2.77 bits per heavy atom. The lowest BCUT2D eigenvalue weighted by Crippen LogP contribution is -2.40. The molecule has 0 spiro atoms. The molecule has 2 aliphatic rings. The van der Waals surface area contributed by atoms with Gasteiger partial charge in [0.1, 0.15) is 5.01 Å². The van der Waals surface area contributed by atoms with Crippen LogP contribution in [0.25, 0.3) is 0 Å². The smallest absolute Gasteiger partial charge is 0.315 e. The van der Waals surface area contributed by atoms with E-state index >= 15 is 0 Å². The van der Waals surface area contributed by atoms with E-state index in [9.17, 15) is 4.79 Å². The topological polar surface area (TPSA) is 54.0 Å². The Kier molecular flexibility index (Phi) is 3.58. The van der Waals surface area contributed by atoms with Crippen molar-refractivity contribution in [2.24, 2.45) is 5.92 Å². The van der Waals surface area contributed by atoms with Crippen LogP contribution in [-0.4, -0.2) is 17.1 Å². The largest absolute Gasteiger partial charge is 0.335 e. The van der Waals surface area contributed by atoms with Crippen LogP contribution < -0.4 is 10.6 Å². The molecule has 1 aromatic heterocycles. The van der Waals surface area contributed by atoms with Crippen LogP contribution in [-0.2, 0) is 0 Å². The number of nitrogens with zero attached hydrogens (tertiary/aromatic N) is 1. The van der Waals surface area contributed by atoms with Gasteiger partial charge in [-0.1, -0.05) is 30.3 Å². The van der Waals surface area contributed by atoms with Crippen molar-refractivity contribution in [3.63, 3.8) is 0 Å². The summed E-state index contributed by atoms with van der Waals surface area (Å²) in [6.07, 6.45) is 5.20. The van der Waals surface area contributed by atoms with Crippen LogP contribution in [0.15, 0.2) is 41.9 Å². The standard InChI is InChI=1S/C17H19N3OS/c21-17(19-14-10-13(14)11-4-2-1-3-5-11)20-15(12-6-7-12)16-18-8-9-22-16/h1-5,8-9,12-15H,6-7,10H2,(H2,19,20,21). The number of rotatable bonds is 5. The van der Waals surface area contributed by atoms with Gasteiger partial charge in [-0.15, -0.1) is 11.3 Å². The molecule has 2 aliphatic carbocycles. The van der Waals surface area contributed by atoms with Crippen LogP contribution in [0, 0.1) is 5.92 Å². The number of nitrogens with one attached hydrogen (secondary N) is 2. The average Bonchev–Trinajstić information content (AvgIpc) is 3.45. The molecule has 0 saturated heterocycles. The summed E-state index contributed by atoms with van der Waals surface area (Å²) in [6.45, 7) is 0. The molecule has 3 unspecified atom stereocenters. The second-order valence-corrected chi connectivity index (χ2v) is 7.09. The Morgan fingerprint density at radius 1 is 1.27 bits per heavy atom. The van der Waals surface area contributed by atoms with Crippen molar-refractivity contribution >= 4 is 17.4 Å². The first kappa shape index (κ1) is 13.8. The van der Waals surface area contributed by atoms with E-state index in [0.29, 0.717) is 11.8 Å². The van der Waals surface area contributed by atoms with Gasteiger partial charge >= 0.3 is 6.03 Å². The monoisotopic (exact) mass is 313 g/mol. The first-order chi connectivity index (χ1) is 10.8. The summed E-state index contributed by atoms with van der Waals surface area (Å²) in [5.41, 5.74) is 1.31. The van der Waals surface area contributed by atoms with Crippen LogP contribution >= 0.6 is 11.3 Å². The number of thiazole rings is 1. The van der Waals surface area contributed by atoms with Crippen LogP contribution in [0.3, 0.4) is 0 Å². The SMILES string of the molecule is O=C(NC1CC1c1ccccc1)NC(c1nccs1)C1CC1. The zero-order chi connectivity index (χ0) is 14.9. The van der Waals surface area contributed by atoms with E-state index in [0.717, 1.165) is 11.4 Å². The van der Waals surface area contributed by atoms with Gasteiger partial charge < -0.3 is 10.6 Å². The van der Waals surface area contributed by atoms with Crippen LogP contribution in [0.1, 0.15) is 41.8 Å². The Bertz CT molecular complexity index is 639. The van der Waals surface area contributed by atoms with Crippen molar-refractivity contribution in [3.8, 4) is 0 Å². The Morgan fingerprint density at radius 2 is 2.09 bits per heavy atom. The molecule has 0 bridgehead atoms. The van der Waals surface area contributed by atoms with E-state index in [-0.39, 0.29) is 18.1 Å². The van der Waals surface area contributed by atoms with Crippen LogP contribution in [0.4, 0.5) is 4.79 Å². The van der Waals surface area contributed by atoms with E-state index in [1.807, 2.05) is 11.4 Å². The average molecular weight is 313 g/mol. The number of carbonyl (C=O) groups is 1. The van der Waals surface area contributed by atoms with Gasteiger partial charge in [-0.3, -0.25) is 0 Å². The van der Waals surface area contributed by atoms with E-state index < -0.39 is 0 Å². The fourth-order valence-corrected chi connectivity index (χ4v) is 3.75. The van der Waals surface area contributed by atoms with Gasteiger partial charge in [0.15, 0.2) is 0 Å². The maximum Gasteiger partial charge on any atom is 0.315 e. The molecule has 1 aromatic carbocycles. The summed E-state index contributed by atoms with van der Waals surface area (Å²) in [6, 6.07) is 10.7. The zero-order valence-electron chi connectivity index (χ0n) is 12.2. The van der Waals surface area contributed by atoms with Crippen LogP contribution in [0.2, 0.25) is 0 Å². The Balaban J connectivity index is 1.33. The maximum absolute atomic E-state index is 12.3. The third kappa shape index (κ3) is 2.99. The van der Waals surface area contributed by atoms with E-state index in [4.69, 9.17) is 0 Å². The fourth-order valence-electron chi connectivity index (χ4n) is 2.97. The second kappa shape index (κ2) is 5.72. The van der Waals surface area contributed by atoms with Gasteiger partial charge in [0, 0.05) is 23.5 Å². The molecule has 2 aromatic rings. The lowest BCUT2D eigenvalue weighted by Gasteiger charge is -2.16. The molecule has 4 rings (SSSR count). The minimum atomic E-state index is -0.0597. The molecule has 0 aliphatic heterocycles. The van der Waals surface area contributed by atoms with Crippen molar-refractivity contribution in [2.45, 2.75) is 37.3 Å². The van der Waals surface area contributed by atoms with E-state index in [1.54, 1.807) is 17.5 Å². The molecule has 22 heavy (non-hydrogen) atoms. The molecular formula is C17H19N3OS. The summed E-state index contributed by atoms with van der Waals surface area (Å²) in [5.74, 6) is 1.02. The van der Waals surface area contributed by atoms with Crippen molar-refractivity contribution in [1.82, 2.24) is 15.6 Å². The predicted octanol–water partition coefficient (Wildman–Crippen LogP) is 3.45. The van der Waals surface area contributed by atoms with Crippen molar-refractivity contribution in [3.05, 3.63) is 52.5 Å². The molecule has 3 atom stereocenters. The lowest BCUT2D eigenvalue weighted by atomic mass is 10.1. The normalized spacial score (nSPS) is 24.5. The van der Waals surface area contributed by atoms with Gasteiger partial charge in [0.05, 0.1) is 6.04 Å². The maximum atomic E-state index is 12.3. The lowest BCUT2D eigenvalue weighted by molar-refractivity contribution is 0.235. The molecule has 0 radical (unpaired) electrons. The summed E-state index contributed by atoms with van der Waals surface area (Å²) >= 11 is 1.62. The summed E-state index contributed by atoms with van der Waals surface area (Å²) in [4.78, 5) is 16.6. The molecule has 2 fully saturated rings. The third-order valence-electron chi connectivity index (χ3n) is 4.43. The zero-order valence-corrected chi connectivity index (χ0v) is 13.1. The Hall–Kier alpha value is -1.88. The van der Waals surface area contributed by atoms with Crippen molar-refractivity contribution < 1.29 is 4.79 Å². The van der Waals surface area contributed by atoms with Gasteiger partial charge in [-0.25, -0.2) is 9.78 Å². The number of benzene rings is 1. The van der Waals surface area contributed by atoms with E-state index in [1.165, 1.54) is 18.4 Å². The summed E-state index contributed by atoms with van der Waals surface area (Å²) < 4.78 is 0. The molecule has 2 N–H and O–H groups in total. The first-order valence-corrected chi connectivity index (χ1v) is 8.70. The highest BCUT2D eigenvalue weighted by Crippen LogP contribution is 2.42. The second-order valence-electron chi connectivity index (χ2n) is 6.16. The molecular weight excluding hydrogens is 294 g/mol. The summed E-state index contributed by atoms with van der Waals surface area (Å²) in [7, 11) is 0. The van der Waals surface area contributed by atoms with E-state index in [2.05, 4.69) is 39.9 Å². The number of hydrogen-bond acceptors (Lipinski definition) is 3. The number of aromatic nitrogens is 1. The molecule has 4 nitrogen and oxygen atoms in total.